The van der Waals surface area contributed by atoms with Crippen LogP contribution in [0.25, 0.3) is 0 Å². The highest BCUT2D eigenvalue weighted by Gasteiger charge is 2.22. The maximum atomic E-state index is 12.1. The minimum Gasteiger partial charge on any atom is -0.390 e. The second-order valence-electron chi connectivity index (χ2n) is 6.73. The van der Waals surface area contributed by atoms with Crippen LogP contribution < -0.4 is 5.56 Å². The highest BCUT2D eigenvalue weighted by molar-refractivity contribution is 5.20. The Morgan fingerprint density at radius 2 is 2.00 bits per heavy atom. The molecule has 1 saturated heterocycles. The first-order chi connectivity index (χ1) is 11.7. The van der Waals surface area contributed by atoms with Gasteiger partial charge in [0.25, 0.3) is 5.56 Å². The number of aromatic nitrogens is 2. The van der Waals surface area contributed by atoms with Crippen molar-refractivity contribution in [2.24, 2.45) is 0 Å². The third kappa shape index (κ3) is 4.42. The van der Waals surface area contributed by atoms with Gasteiger partial charge in [-0.1, -0.05) is 6.92 Å². The molecule has 0 bridgehead atoms. The number of ether oxygens (including phenoxy) is 1. The van der Waals surface area contributed by atoms with Gasteiger partial charge in [-0.05, 0) is 12.0 Å². The molecule has 1 aromatic rings. The van der Waals surface area contributed by atoms with Crippen LogP contribution in [0.4, 0.5) is 0 Å². The summed E-state index contributed by atoms with van der Waals surface area (Å²) in [5, 5.41) is 14.9. The van der Waals surface area contributed by atoms with E-state index in [0.29, 0.717) is 26.2 Å². The van der Waals surface area contributed by atoms with Gasteiger partial charge < -0.3 is 9.84 Å². The lowest BCUT2D eigenvalue weighted by Gasteiger charge is -2.33. The zero-order valence-electron chi connectivity index (χ0n) is 14.5. The molecule has 1 fully saturated rings. The molecule has 0 aliphatic carbocycles. The molecule has 134 valence electrons. The molecule has 0 unspecified atom stereocenters. The van der Waals surface area contributed by atoms with E-state index in [1.165, 1.54) is 0 Å². The molecular formula is C17H28N4O3. The third-order valence-corrected chi connectivity index (χ3v) is 4.70. The van der Waals surface area contributed by atoms with E-state index in [9.17, 15) is 9.90 Å². The number of β-amino-alcohol motifs (C(OH)–C–C–N with tert-alkyl or cyclic N) is 1. The molecule has 3 rings (SSSR count). The number of fused-ring (bicyclic) bond motifs is 1. The summed E-state index contributed by atoms with van der Waals surface area (Å²) in [7, 11) is 0. The van der Waals surface area contributed by atoms with Crippen LogP contribution in [0.5, 0.6) is 0 Å². The molecule has 2 aliphatic heterocycles. The van der Waals surface area contributed by atoms with Crippen LogP contribution in [-0.2, 0) is 24.2 Å². The van der Waals surface area contributed by atoms with Gasteiger partial charge in [0.15, 0.2) is 0 Å². The fraction of sp³-hybridized carbons (Fsp3) is 0.765. The summed E-state index contributed by atoms with van der Waals surface area (Å²) in [5.74, 6) is 0. The number of aliphatic hydroxyl groups is 1. The molecule has 0 spiro atoms. The predicted octanol–water partition coefficient (Wildman–Crippen LogP) is -0.295. The number of rotatable bonds is 6. The highest BCUT2D eigenvalue weighted by atomic mass is 16.5. The summed E-state index contributed by atoms with van der Waals surface area (Å²) in [6, 6.07) is 1.72. The van der Waals surface area contributed by atoms with Crippen molar-refractivity contribution in [2.75, 3.05) is 45.9 Å². The van der Waals surface area contributed by atoms with Crippen molar-refractivity contribution in [2.45, 2.75) is 39.0 Å². The second-order valence-corrected chi connectivity index (χ2v) is 6.73. The Bertz CT molecular complexity index is 598. The molecule has 0 aromatic carbocycles. The standard InChI is InChI=1S/C17H28N4O3/c1-2-4-21-17(23)10-14-11-20(5-3-16(14)18-21)13-15(22)12-19-6-8-24-9-7-19/h10,15,22H,2-9,11-13H2,1H3/t15-/m1/s1. The number of hydrogen-bond acceptors (Lipinski definition) is 6. The Morgan fingerprint density at radius 3 is 2.75 bits per heavy atom. The molecular weight excluding hydrogens is 308 g/mol. The van der Waals surface area contributed by atoms with Gasteiger partial charge in [0.2, 0.25) is 0 Å². The van der Waals surface area contributed by atoms with Crippen molar-refractivity contribution in [3.63, 3.8) is 0 Å². The van der Waals surface area contributed by atoms with Crippen LogP contribution in [-0.4, -0.2) is 76.7 Å². The highest BCUT2D eigenvalue weighted by Crippen LogP contribution is 2.15. The summed E-state index contributed by atoms with van der Waals surface area (Å²) in [6.07, 6.45) is 1.37. The Morgan fingerprint density at radius 1 is 1.25 bits per heavy atom. The smallest absolute Gasteiger partial charge is 0.267 e. The molecule has 0 radical (unpaired) electrons. The second kappa shape index (κ2) is 8.20. The number of aliphatic hydroxyl groups excluding tert-OH is 1. The van der Waals surface area contributed by atoms with Crippen molar-refractivity contribution < 1.29 is 9.84 Å². The molecule has 24 heavy (non-hydrogen) atoms. The van der Waals surface area contributed by atoms with Crippen molar-refractivity contribution in [3.05, 3.63) is 27.7 Å². The maximum absolute atomic E-state index is 12.1. The largest absolute Gasteiger partial charge is 0.390 e. The first-order valence-corrected chi connectivity index (χ1v) is 8.96. The summed E-state index contributed by atoms with van der Waals surface area (Å²) in [5.41, 5.74) is 2.02. The van der Waals surface area contributed by atoms with Crippen LogP contribution in [0.3, 0.4) is 0 Å². The number of aryl methyl sites for hydroxylation is 1. The van der Waals surface area contributed by atoms with Crippen LogP contribution in [0, 0.1) is 0 Å². The van der Waals surface area contributed by atoms with Crippen molar-refractivity contribution in [3.8, 4) is 0 Å². The molecule has 3 heterocycles. The summed E-state index contributed by atoms with van der Waals surface area (Å²) >= 11 is 0. The Hall–Kier alpha value is -1.28. The predicted molar refractivity (Wildman–Crippen MR) is 91.0 cm³/mol. The minimum atomic E-state index is -0.377. The quantitative estimate of drug-likeness (QED) is 0.769. The molecule has 0 amide bonds. The molecule has 2 aliphatic rings. The molecule has 7 nitrogen and oxygen atoms in total. The molecule has 7 heteroatoms. The Labute approximate surface area is 142 Å². The zero-order valence-corrected chi connectivity index (χ0v) is 14.5. The van der Waals surface area contributed by atoms with Crippen molar-refractivity contribution in [1.29, 1.82) is 0 Å². The monoisotopic (exact) mass is 336 g/mol. The van der Waals surface area contributed by atoms with Gasteiger partial charge in [0.1, 0.15) is 0 Å². The van der Waals surface area contributed by atoms with E-state index < -0.39 is 0 Å². The summed E-state index contributed by atoms with van der Waals surface area (Å²) in [4.78, 5) is 16.6. The van der Waals surface area contributed by atoms with E-state index in [1.807, 2.05) is 6.92 Å². The molecule has 1 N–H and O–H groups in total. The summed E-state index contributed by atoms with van der Waals surface area (Å²) in [6.45, 7) is 8.90. The maximum Gasteiger partial charge on any atom is 0.267 e. The lowest BCUT2D eigenvalue weighted by atomic mass is 10.1. The molecule has 1 aromatic heterocycles. The Balaban J connectivity index is 1.56. The molecule has 0 saturated carbocycles. The number of morpholine rings is 1. The zero-order chi connectivity index (χ0) is 16.9. The van der Waals surface area contributed by atoms with Crippen LogP contribution >= 0.6 is 0 Å². The van der Waals surface area contributed by atoms with Crippen LogP contribution in [0.2, 0.25) is 0 Å². The van der Waals surface area contributed by atoms with Gasteiger partial charge in [-0.15, -0.1) is 0 Å². The van der Waals surface area contributed by atoms with Gasteiger partial charge in [-0.2, -0.15) is 5.10 Å². The van der Waals surface area contributed by atoms with Crippen LogP contribution in [0.15, 0.2) is 10.9 Å². The van der Waals surface area contributed by atoms with E-state index in [0.717, 1.165) is 56.9 Å². The van der Waals surface area contributed by atoms with E-state index >= 15 is 0 Å². The number of hydrogen-bond donors (Lipinski definition) is 1. The van der Waals surface area contributed by atoms with Gasteiger partial charge in [0, 0.05) is 58.3 Å². The van der Waals surface area contributed by atoms with Crippen LogP contribution in [0.1, 0.15) is 24.6 Å². The topological polar surface area (TPSA) is 70.8 Å². The lowest BCUT2D eigenvalue weighted by molar-refractivity contribution is 0.00578. The van der Waals surface area contributed by atoms with E-state index in [2.05, 4.69) is 14.9 Å². The fourth-order valence-electron chi connectivity index (χ4n) is 3.46. The van der Waals surface area contributed by atoms with Gasteiger partial charge in [-0.25, -0.2) is 4.68 Å². The third-order valence-electron chi connectivity index (χ3n) is 4.70. The van der Waals surface area contributed by atoms with Gasteiger partial charge >= 0.3 is 0 Å². The average Bonchev–Trinajstić information content (AvgIpc) is 2.57. The SMILES string of the molecule is CCCn1nc2c(cc1=O)CN(C[C@H](O)CN1CCOCC1)CC2. The Kier molecular flexibility index (Phi) is 5.99. The van der Waals surface area contributed by atoms with Crippen molar-refractivity contribution >= 4 is 0 Å². The lowest BCUT2D eigenvalue weighted by Crippen LogP contribution is -2.45. The van der Waals surface area contributed by atoms with Gasteiger partial charge in [0.05, 0.1) is 25.0 Å². The summed E-state index contributed by atoms with van der Waals surface area (Å²) < 4.78 is 6.91. The fourth-order valence-corrected chi connectivity index (χ4v) is 3.46. The normalized spacial score (nSPS) is 20.8. The van der Waals surface area contributed by atoms with E-state index in [1.54, 1.807) is 10.7 Å². The van der Waals surface area contributed by atoms with E-state index in [-0.39, 0.29) is 11.7 Å². The molecule has 1 atom stereocenters. The average molecular weight is 336 g/mol. The number of nitrogens with zero attached hydrogens (tertiary/aromatic N) is 4. The minimum absolute atomic E-state index is 0.0219. The van der Waals surface area contributed by atoms with E-state index in [4.69, 9.17) is 4.74 Å². The van der Waals surface area contributed by atoms with Gasteiger partial charge in [-0.3, -0.25) is 14.6 Å². The first kappa shape index (κ1) is 17.5. The van der Waals surface area contributed by atoms with Crippen molar-refractivity contribution in [1.82, 2.24) is 19.6 Å². The first-order valence-electron chi connectivity index (χ1n) is 8.96.